The average Bonchev–Trinajstić information content (AvgIpc) is 2.89. The quantitative estimate of drug-likeness (QED) is 0.827. The van der Waals surface area contributed by atoms with Gasteiger partial charge in [0.25, 0.3) is 0 Å². The second-order valence-corrected chi connectivity index (χ2v) is 4.73. The molecule has 2 rings (SSSR count). The molecule has 1 unspecified atom stereocenters. The van der Waals surface area contributed by atoms with Crippen LogP contribution >= 0.6 is 0 Å². The van der Waals surface area contributed by atoms with Gasteiger partial charge >= 0.3 is 5.97 Å². The number of hydrogen-bond donors (Lipinski definition) is 1. The van der Waals surface area contributed by atoms with Gasteiger partial charge in [0.1, 0.15) is 5.82 Å². The third-order valence-electron chi connectivity index (χ3n) is 3.38. The smallest absolute Gasteiger partial charge is 0.305 e. The maximum absolute atomic E-state index is 12.8. The first kappa shape index (κ1) is 13.7. The first-order valence-corrected chi connectivity index (χ1v) is 6.33. The van der Waals surface area contributed by atoms with E-state index in [4.69, 9.17) is 5.11 Å². The molecule has 102 valence electrons. The highest BCUT2D eigenvalue weighted by Crippen LogP contribution is 2.18. The molecule has 1 heterocycles. The highest BCUT2D eigenvalue weighted by molar-refractivity contribution is 6.01. The molecule has 0 amide bonds. The molecule has 0 aromatic heterocycles. The van der Waals surface area contributed by atoms with E-state index in [1.54, 1.807) is 0 Å². The fraction of sp³-hybridized carbons (Fsp3) is 0.429. The molecule has 0 radical (unpaired) electrons. The van der Waals surface area contributed by atoms with Gasteiger partial charge in [0, 0.05) is 5.56 Å². The Kier molecular flexibility index (Phi) is 4.27. The Morgan fingerprint density at radius 2 is 1.79 bits per heavy atom. The molecule has 1 aliphatic heterocycles. The van der Waals surface area contributed by atoms with Crippen molar-refractivity contribution >= 4 is 11.8 Å². The summed E-state index contributed by atoms with van der Waals surface area (Å²) in [5, 5.41) is 8.95. The van der Waals surface area contributed by atoms with Gasteiger partial charge in [-0.25, -0.2) is 4.39 Å². The predicted octanol–water partition coefficient (Wildman–Crippen LogP) is 1.95. The number of carboxylic acids is 1. The number of benzene rings is 1. The fourth-order valence-corrected chi connectivity index (χ4v) is 2.41. The van der Waals surface area contributed by atoms with E-state index in [9.17, 15) is 14.0 Å². The van der Waals surface area contributed by atoms with Gasteiger partial charge in [-0.3, -0.25) is 14.5 Å². The van der Waals surface area contributed by atoms with Crippen molar-refractivity contribution in [1.29, 1.82) is 0 Å². The third kappa shape index (κ3) is 3.38. The largest absolute Gasteiger partial charge is 0.481 e. The zero-order valence-corrected chi connectivity index (χ0v) is 10.5. The van der Waals surface area contributed by atoms with Gasteiger partial charge in [-0.2, -0.15) is 0 Å². The van der Waals surface area contributed by atoms with Crippen LogP contribution in [0.1, 0.15) is 29.6 Å². The maximum Gasteiger partial charge on any atom is 0.305 e. The lowest BCUT2D eigenvalue weighted by molar-refractivity contribution is -0.138. The van der Waals surface area contributed by atoms with E-state index in [0.717, 1.165) is 25.9 Å². The molecule has 1 saturated heterocycles. The van der Waals surface area contributed by atoms with Crippen molar-refractivity contribution in [2.75, 3.05) is 13.1 Å². The van der Waals surface area contributed by atoms with Crippen molar-refractivity contribution in [1.82, 2.24) is 4.90 Å². The molecule has 1 aromatic carbocycles. The van der Waals surface area contributed by atoms with E-state index >= 15 is 0 Å². The summed E-state index contributed by atoms with van der Waals surface area (Å²) in [6, 6.07) is 4.60. The topological polar surface area (TPSA) is 57.6 Å². The van der Waals surface area contributed by atoms with Crippen LogP contribution < -0.4 is 0 Å². The summed E-state index contributed by atoms with van der Waals surface area (Å²) in [6.45, 7) is 1.48. The van der Waals surface area contributed by atoms with Crippen LogP contribution in [0.2, 0.25) is 0 Å². The van der Waals surface area contributed by atoms with E-state index in [1.807, 2.05) is 4.90 Å². The molecule has 5 heteroatoms. The van der Waals surface area contributed by atoms with Crippen LogP contribution in [0.3, 0.4) is 0 Å². The van der Waals surface area contributed by atoms with Crippen LogP contribution in [0.25, 0.3) is 0 Å². The van der Waals surface area contributed by atoms with Crippen LogP contribution in [0, 0.1) is 5.82 Å². The van der Waals surface area contributed by atoms with Crippen LogP contribution in [0.15, 0.2) is 24.3 Å². The van der Waals surface area contributed by atoms with Gasteiger partial charge < -0.3 is 5.11 Å². The van der Waals surface area contributed by atoms with Gasteiger partial charge in [-0.1, -0.05) is 0 Å². The Morgan fingerprint density at radius 3 is 2.32 bits per heavy atom. The lowest BCUT2D eigenvalue weighted by Crippen LogP contribution is -2.41. The SMILES string of the molecule is O=C(O)CC(C(=O)c1ccc(F)cc1)N1CCCC1. The molecule has 19 heavy (non-hydrogen) atoms. The molecule has 1 fully saturated rings. The highest BCUT2D eigenvalue weighted by Gasteiger charge is 2.30. The van der Waals surface area contributed by atoms with Crippen LogP contribution in [0.4, 0.5) is 4.39 Å². The zero-order chi connectivity index (χ0) is 13.8. The minimum Gasteiger partial charge on any atom is -0.481 e. The number of carbonyl (C=O) groups excluding carboxylic acids is 1. The number of carbonyl (C=O) groups is 2. The molecular weight excluding hydrogens is 249 g/mol. The molecule has 1 N–H and O–H groups in total. The Morgan fingerprint density at radius 1 is 1.21 bits per heavy atom. The summed E-state index contributed by atoms with van der Waals surface area (Å²) in [4.78, 5) is 25.2. The minimum absolute atomic E-state index is 0.212. The standard InChI is InChI=1S/C14H16FNO3/c15-11-5-3-10(4-6-11)14(19)12(9-13(17)18)16-7-1-2-8-16/h3-6,12H,1-2,7-9H2,(H,17,18). The maximum atomic E-state index is 12.8. The first-order valence-electron chi connectivity index (χ1n) is 6.33. The Bertz CT molecular complexity index is 466. The molecule has 0 aliphatic carbocycles. The average molecular weight is 265 g/mol. The normalized spacial score (nSPS) is 17.3. The minimum atomic E-state index is -0.993. The molecule has 0 spiro atoms. The van der Waals surface area contributed by atoms with E-state index in [2.05, 4.69) is 0 Å². The van der Waals surface area contributed by atoms with E-state index in [-0.39, 0.29) is 12.2 Å². The Balaban J connectivity index is 2.18. The molecule has 4 nitrogen and oxygen atoms in total. The number of rotatable bonds is 5. The number of hydrogen-bond acceptors (Lipinski definition) is 3. The second-order valence-electron chi connectivity index (χ2n) is 4.73. The number of Topliss-reactive ketones (excluding diaryl/α,β-unsaturated/α-hetero) is 1. The molecule has 0 saturated carbocycles. The van der Waals surface area contributed by atoms with Crippen molar-refractivity contribution in [2.24, 2.45) is 0 Å². The van der Waals surface area contributed by atoms with Crippen molar-refractivity contribution < 1.29 is 19.1 Å². The number of halogens is 1. The summed E-state index contributed by atoms with van der Waals surface area (Å²) in [7, 11) is 0. The van der Waals surface area contributed by atoms with Crippen molar-refractivity contribution in [2.45, 2.75) is 25.3 Å². The Labute approximate surface area is 110 Å². The van der Waals surface area contributed by atoms with Crippen molar-refractivity contribution in [3.8, 4) is 0 Å². The summed E-state index contributed by atoms with van der Waals surface area (Å²) in [5.41, 5.74) is 0.361. The van der Waals surface area contributed by atoms with Crippen LogP contribution in [0.5, 0.6) is 0 Å². The molecule has 0 bridgehead atoms. The van der Waals surface area contributed by atoms with Gasteiger partial charge in [-0.15, -0.1) is 0 Å². The van der Waals surface area contributed by atoms with E-state index < -0.39 is 17.8 Å². The lowest BCUT2D eigenvalue weighted by atomic mass is 10.0. The second kappa shape index (κ2) is 5.93. The molecule has 1 atom stereocenters. The fourth-order valence-electron chi connectivity index (χ4n) is 2.41. The number of nitrogens with zero attached hydrogens (tertiary/aromatic N) is 1. The monoisotopic (exact) mass is 265 g/mol. The van der Waals surface area contributed by atoms with Gasteiger partial charge in [0.2, 0.25) is 0 Å². The highest BCUT2D eigenvalue weighted by atomic mass is 19.1. The number of likely N-dealkylation sites (tertiary alicyclic amines) is 1. The summed E-state index contributed by atoms with van der Waals surface area (Å²) in [6.07, 6.45) is 1.75. The summed E-state index contributed by atoms with van der Waals surface area (Å²) in [5.74, 6) is -1.65. The number of carboxylic acid groups (broad SMARTS) is 1. The molecule has 1 aliphatic rings. The van der Waals surface area contributed by atoms with Crippen molar-refractivity contribution in [3.63, 3.8) is 0 Å². The molecule has 1 aromatic rings. The molecular formula is C14H16FNO3. The summed E-state index contributed by atoms with van der Waals surface area (Å²) < 4.78 is 12.8. The first-order chi connectivity index (χ1) is 9.08. The van der Waals surface area contributed by atoms with Gasteiger partial charge in [0.05, 0.1) is 12.5 Å². The number of ketones is 1. The van der Waals surface area contributed by atoms with Crippen LogP contribution in [-0.4, -0.2) is 40.9 Å². The zero-order valence-electron chi connectivity index (χ0n) is 10.5. The van der Waals surface area contributed by atoms with Crippen molar-refractivity contribution in [3.05, 3.63) is 35.6 Å². The third-order valence-corrected chi connectivity index (χ3v) is 3.38. The van der Waals surface area contributed by atoms with E-state index in [0.29, 0.717) is 5.56 Å². The lowest BCUT2D eigenvalue weighted by Gasteiger charge is -2.24. The van der Waals surface area contributed by atoms with Gasteiger partial charge in [0.15, 0.2) is 5.78 Å². The number of aliphatic carboxylic acids is 1. The Hall–Kier alpha value is -1.75. The van der Waals surface area contributed by atoms with Gasteiger partial charge in [-0.05, 0) is 50.2 Å². The summed E-state index contributed by atoms with van der Waals surface area (Å²) >= 11 is 0. The predicted molar refractivity (Wildman–Crippen MR) is 67.6 cm³/mol. The van der Waals surface area contributed by atoms with Crippen LogP contribution in [-0.2, 0) is 4.79 Å². The van der Waals surface area contributed by atoms with E-state index in [1.165, 1.54) is 24.3 Å².